The highest BCUT2D eigenvalue weighted by Crippen LogP contribution is 2.25. The number of nitrogens with zero attached hydrogens (tertiary/aromatic N) is 2. The Labute approximate surface area is 125 Å². The van der Waals surface area contributed by atoms with Crippen LogP contribution in [-0.2, 0) is 4.74 Å². The van der Waals surface area contributed by atoms with Gasteiger partial charge in [0.05, 0.1) is 29.4 Å². The lowest BCUT2D eigenvalue weighted by molar-refractivity contribution is -0.165. The van der Waals surface area contributed by atoms with Crippen molar-refractivity contribution in [2.24, 2.45) is 0 Å². The summed E-state index contributed by atoms with van der Waals surface area (Å²) in [7, 11) is 0. The van der Waals surface area contributed by atoms with Gasteiger partial charge in [0.25, 0.3) is 5.91 Å². The molecule has 2 aromatic rings. The number of amides is 1. The van der Waals surface area contributed by atoms with Gasteiger partial charge in [-0.05, 0) is 25.3 Å². The zero-order chi connectivity index (χ0) is 15.5. The minimum Gasteiger partial charge on any atom is -0.347 e. The maximum atomic E-state index is 12.4. The first-order chi connectivity index (χ1) is 10.6. The molecule has 0 unspecified atom stereocenters. The topological polar surface area (TPSA) is 64.1 Å². The van der Waals surface area contributed by atoms with E-state index in [9.17, 15) is 13.6 Å². The number of ether oxygens (including phenoxy) is 1. The second-order valence-electron chi connectivity index (χ2n) is 5.22. The summed E-state index contributed by atoms with van der Waals surface area (Å²) in [6.45, 7) is -2.83. The van der Waals surface area contributed by atoms with Gasteiger partial charge < -0.3 is 10.1 Å². The third-order valence-corrected chi connectivity index (χ3v) is 3.84. The minimum atomic E-state index is -2.83. The van der Waals surface area contributed by atoms with Gasteiger partial charge in [0, 0.05) is 5.39 Å². The summed E-state index contributed by atoms with van der Waals surface area (Å²) in [5, 5.41) is 11.2. The molecule has 1 fully saturated rings. The monoisotopic (exact) mass is 307 g/mol. The minimum absolute atomic E-state index is 0.346. The molecular weight excluding hydrogens is 292 g/mol. The number of aromatic nitrogens is 2. The van der Waals surface area contributed by atoms with Crippen LogP contribution >= 0.6 is 0 Å². The van der Waals surface area contributed by atoms with Crippen LogP contribution in [0.1, 0.15) is 29.6 Å². The maximum Gasteiger partial charge on any atom is 0.345 e. The molecular formula is C15H15F2N3O2. The van der Waals surface area contributed by atoms with Crippen LogP contribution in [0.3, 0.4) is 0 Å². The van der Waals surface area contributed by atoms with E-state index < -0.39 is 18.8 Å². The molecule has 0 aliphatic heterocycles. The van der Waals surface area contributed by atoms with Gasteiger partial charge in [0.1, 0.15) is 0 Å². The molecule has 0 radical (unpaired) electrons. The van der Waals surface area contributed by atoms with Crippen LogP contribution in [0.2, 0.25) is 0 Å². The predicted molar refractivity (Wildman–Crippen MR) is 75.5 cm³/mol. The van der Waals surface area contributed by atoms with E-state index in [0.717, 1.165) is 6.42 Å². The van der Waals surface area contributed by atoms with Crippen molar-refractivity contribution in [3.8, 4) is 0 Å². The lowest BCUT2D eigenvalue weighted by Crippen LogP contribution is -2.41. The highest BCUT2D eigenvalue weighted by molar-refractivity contribution is 6.05. The van der Waals surface area contributed by atoms with Crippen LogP contribution in [-0.4, -0.2) is 34.9 Å². The summed E-state index contributed by atoms with van der Waals surface area (Å²) in [6, 6.07) is 6.74. The number of benzene rings is 1. The summed E-state index contributed by atoms with van der Waals surface area (Å²) < 4.78 is 29.3. The smallest absolute Gasteiger partial charge is 0.345 e. The Kier molecular flexibility index (Phi) is 4.24. The lowest BCUT2D eigenvalue weighted by Gasteiger charge is -2.21. The summed E-state index contributed by atoms with van der Waals surface area (Å²) in [5.41, 5.74) is 0.996. The molecule has 1 heterocycles. The normalized spacial score (nSPS) is 21.4. The van der Waals surface area contributed by atoms with Gasteiger partial charge in [-0.3, -0.25) is 4.79 Å². The Balaban J connectivity index is 1.79. The molecule has 3 rings (SSSR count). The Hall–Kier alpha value is -2.15. The quantitative estimate of drug-likeness (QED) is 0.942. The average molecular weight is 307 g/mol. The SMILES string of the molecule is O=C(N[C@@H]1CCC[C@H]1OC(F)F)c1cnnc2ccccc12. The summed E-state index contributed by atoms with van der Waals surface area (Å²) in [4.78, 5) is 12.4. The van der Waals surface area contributed by atoms with Crippen LogP contribution in [0.15, 0.2) is 30.5 Å². The molecule has 0 saturated heterocycles. The van der Waals surface area contributed by atoms with Crippen molar-refractivity contribution in [1.82, 2.24) is 15.5 Å². The first-order valence-electron chi connectivity index (χ1n) is 7.10. The van der Waals surface area contributed by atoms with E-state index in [1.807, 2.05) is 6.07 Å². The average Bonchev–Trinajstić information content (AvgIpc) is 2.93. The lowest BCUT2D eigenvalue weighted by atomic mass is 10.1. The third kappa shape index (κ3) is 3.04. The van der Waals surface area contributed by atoms with Gasteiger partial charge in [0.2, 0.25) is 0 Å². The van der Waals surface area contributed by atoms with E-state index in [0.29, 0.717) is 29.3 Å². The number of hydrogen-bond donors (Lipinski definition) is 1. The van der Waals surface area contributed by atoms with Crippen molar-refractivity contribution < 1.29 is 18.3 Å². The van der Waals surface area contributed by atoms with Gasteiger partial charge in [0.15, 0.2) is 0 Å². The molecule has 1 amide bonds. The molecule has 1 saturated carbocycles. The van der Waals surface area contributed by atoms with E-state index in [1.165, 1.54) is 6.20 Å². The first kappa shape index (κ1) is 14.8. The van der Waals surface area contributed by atoms with Gasteiger partial charge >= 0.3 is 6.61 Å². The molecule has 0 spiro atoms. The number of alkyl halides is 2. The zero-order valence-corrected chi connectivity index (χ0v) is 11.7. The maximum absolute atomic E-state index is 12.4. The number of nitrogens with one attached hydrogen (secondary N) is 1. The van der Waals surface area contributed by atoms with Gasteiger partial charge in [-0.25, -0.2) is 0 Å². The van der Waals surface area contributed by atoms with Gasteiger partial charge in [-0.2, -0.15) is 19.0 Å². The van der Waals surface area contributed by atoms with Crippen molar-refractivity contribution in [2.75, 3.05) is 0 Å². The largest absolute Gasteiger partial charge is 0.347 e. The number of carbonyl (C=O) groups is 1. The standard InChI is InChI=1S/C15H15F2N3O2/c16-15(17)22-13-7-3-6-12(13)19-14(21)10-8-18-20-11-5-2-1-4-9(10)11/h1-2,4-5,8,12-13,15H,3,6-7H2,(H,19,21)/t12-,13-/m1/s1. The Morgan fingerprint density at radius 1 is 1.32 bits per heavy atom. The fourth-order valence-corrected chi connectivity index (χ4v) is 2.82. The molecule has 2 atom stereocenters. The second kappa shape index (κ2) is 6.31. The molecule has 22 heavy (non-hydrogen) atoms. The molecule has 1 aromatic carbocycles. The van der Waals surface area contributed by atoms with E-state index in [1.54, 1.807) is 18.2 Å². The fraction of sp³-hybridized carbons (Fsp3) is 0.400. The van der Waals surface area contributed by atoms with Crippen LogP contribution in [0, 0.1) is 0 Å². The van der Waals surface area contributed by atoms with Crippen molar-refractivity contribution in [3.63, 3.8) is 0 Å². The molecule has 116 valence electrons. The van der Waals surface area contributed by atoms with Gasteiger partial charge in [-0.15, -0.1) is 0 Å². The Morgan fingerprint density at radius 3 is 2.95 bits per heavy atom. The first-order valence-corrected chi connectivity index (χ1v) is 7.10. The molecule has 7 heteroatoms. The summed E-state index contributed by atoms with van der Waals surface area (Å²) >= 11 is 0. The number of carbonyl (C=O) groups excluding carboxylic acids is 1. The molecule has 1 aromatic heterocycles. The highest BCUT2D eigenvalue weighted by Gasteiger charge is 2.32. The van der Waals surface area contributed by atoms with E-state index in [4.69, 9.17) is 0 Å². The van der Waals surface area contributed by atoms with Crippen molar-refractivity contribution >= 4 is 16.8 Å². The van der Waals surface area contributed by atoms with Crippen LogP contribution in [0.5, 0.6) is 0 Å². The molecule has 1 N–H and O–H groups in total. The van der Waals surface area contributed by atoms with Gasteiger partial charge in [-0.1, -0.05) is 18.2 Å². The molecule has 1 aliphatic carbocycles. The summed E-state index contributed by atoms with van der Waals surface area (Å²) in [5.74, 6) is -0.346. The third-order valence-electron chi connectivity index (χ3n) is 3.84. The summed E-state index contributed by atoms with van der Waals surface area (Å²) in [6.07, 6.45) is 2.63. The molecule has 5 nitrogen and oxygen atoms in total. The van der Waals surface area contributed by atoms with Crippen molar-refractivity contribution in [1.29, 1.82) is 0 Å². The van der Waals surface area contributed by atoms with Crippen LogP contribution in [0.4, 0.5) is 8.78 Å². The zero-order valence-electron chi connectivity index (χ0n) is 11.7. The van der Waals surface area contributed by atoms with Crippen molar-refractivity contribution in [2.45, 2.75) is 38.0 Å². The van der Waals surface area contributed by atoms with E-state index in [2.05, 4.69) is 20.3 Å². The predicted octanol–water partition coefficient (Wildman–Crippen LogP) is 2.52. The molecule has 0 bridgehead atoms. The van der Waals surface area contributed by atoms with Crippen LogP contribution < -0.4 is 5.32 Å². The van der Waals surface area contributed by atoms with E-state index in [-0.39, 0.29) is 5.91 Å². The second-order valence-corrected chi connectivity index (χ2v) is 5.22. The number of halogens is 2. The molecule has 1 aliphatic rings. The fourth-order valence-electron chi connectivity index (χ4n) is 2.82. The number of fused-ring (bicyclic) bond motifs is 1. The van der Waals surface area contributed by atoms with Crippen LogP contribution in [0.25, 0.3) is 10.9 Å². The Bertz CT molecular complexity index is 675. The Morgan fingerprint density at radius 2 is 2.14 bits per heavy atom. The number of hydrogen-bond acceptors (Lipinski definition) is 4. The number of rotatable bonds is 4. The highest BCUT2D eigenvalue weighted by atomic mass is 19.3. The van der Waals surface area contributed by atoms with E-state index >= 15 is 0 Å². The van der Waals surface area contributed by atoms with Crippen molar-refractivity contribution in [3.05, 3.63) is 36.0 Å².